The van der Waals surface area contributed by atoms with Crippen LogP contribution in [0.1, 0.15) is 13.8 Å². The van der Waals surface area contributed by atoms with E-state index >= 15 is 0 Å². The Morgan fingerprint density at radius 2 is 2.06 bits per heavy atom. The smallest absolute Gasteiger partial charge is 0.153 e. The molecule has 0 saturated heterocycles. The van der Waals surface area contributed by atoms with Crippen molar-refractivity contribution in [3.63, 3.8) is 0 Å². The molecule has 0 saturated carbocycles. The Kier molecular flexibility index (Phi) is 4.82. The SMILES string of the molecule is CC(C)S(=O)(=O)CCSc1cc(F)ccc1N. The molecule has 0 unspecified atom stereocenters. The number of nitrogen functional groups attached to an aromatic ring is 1. The predicted octanol–water partition coefficient (Wildman–Crippen LogP) is 2.32. The number of hydrogen-bond donors (Lipinski definition) is 1. The summed E-state index contributed by atoms with van der Waals surface area (Å²) in [7, 11) is -3.05. The molecule has 6 heteroatoms. The van der Waals surface area contributed by atoms with Crippen molar-refractivity contribution < 1.29 is 12.8 Å². The summed E-state index contributed by atoms with van der Waals surface area (Å²) in [4.78, 5) is 0.587. The van der Waals surface area contributed by atoms with Gasteiger partial charge in [-0.1, -0.05) is 0 Å². The maximum atomic E-state index is 12.9. The topological polar surface area (TPSA) is 60.2 Å². The summed E-state index contributed by atoms with van der Waals surface area (Å²) in [6.07, 6.45) is 0. The van der Waals surface area contributed by atoms with Gasteiger partial charge < -0.3 is 5.73 Å². The summed E-state index contributed by atoms with van der Waals surface area (Å²) >= 11 is 1.26. The van der Waals surface area contributed by atoms with E-state index < -0.39 is 9.84 Å². The van der Waals surface area contributed by atoms with Gasteiger partial charge in [-0.2, -0.15) is 0 Å². The third-order valence-corrected chi connectivity index (χ3v) is 5.86. The van der Waals surface area contributed by atoms with Gasteiger partial charge in [0.15, 0.2) is 9.84 Å². The van der Waals surface area contributed by atoms with Crippen molar-refractivity contribution in [1.29, 1.82) is 0 Å². The highest BCUT2D eigenvalue weighted by atomic mass is 32.2. The molecule has 0 heterocycles. The van der Waals surface area contributed by atoms with Gasteiger partial charge in [-0.05, 0) is 32.0 Å². The van der Waals surface area contributed by atoms with Crippen molar-refractivity contribution in [2.24, 2.45) is 0 Å². The Morgan fingerprint density at radius 3 is 2.65 bits per heavy atom. The van der Waals surface area contributed by atoms with Crippen molar-refractivity contribution in [3.05, 3.63) is 24.0 Å². The highest BCUT2D eigenvalue weighted by Crippen LogP contribution is 2.26. The molecular weight excluding hydrogens is 261 g/mol. The van der Waals surface area contributed by atoms with Gasteiger partial charge in [0, 0.05) is 16.3 Å². The van der Waals surface area contributed by atoms with Gasteiger partial charge in [0.2, 0.25) is 0 Å². The monoisotopic (exact) mass is 277 g/mol. The molecule has 1 aromatic rings. The van der Waals surface area contributed by atoms with Crippen LogP contribution >= 0.6 is 11.8 Å². The van der Waals surface area contributed by atoms with Crippen LogP contribution in [0.3, 0.4) is 0 Å². The lowest BCUT2D eigenvalue weighted by molar-refractivity contribution is 0.589. The molecule has 0 radical (unpaired) electrons. The molecule has 0 aliphatic rings. The van der Waals surface area contributed by atoms with Crippen LogP contribution in [0, 0.1) is 5.82 Å². The number of anilines is 1. The molecular formula is C11H16FNO2S2. The lowest BCUT2D eigenvalue weighted by Gasteiger charge is -2.08. The normalized spacial score (nSPS) is 12.0. The second kappa shape index (κ2) is 5.73. The lowest BCUT2D eigenvalue weighted by atomic mass is 10.3. The molecule has 96 valence electrons. The number of rotatable bonds is 5. The highest BCUT2D eigenvalue weighted by molar-refractivity contribution is 8.01. The van der Waals surface area contributed by atoms with Crippen LogP contribution in [-0.4, -0.2) is 25.2 Å². The zero-order valence-electron chi connectivity index (χ0n) is 9.81. The maximum Gasteiger partial charge on any atom is 0.153 e. The van der Waals surface area contributed by atoms with E-state index in [1.807, 2.05) is 0 Å². The summed E-state index contributed by atoms with van der Waals surface area (Å²) < 4.78 is 36.1. The summed E-state index contributed by atoms with van der Waals surface area (Å²) in [5, 5.41) is -0.382. The first-order valence-corrected chi connectivity index (χ1v) is 7.92. The summed E-state index contributed by atoms with van der Waals surface area (Å²) in [6, 6.07) is 4.08. The number of thioether (sulfide) groups is 1. The molecule has 17 heavy (non-hydrogen) atoms. The van der Waals surface area contributed by atoms with Gasteiger partial charge in [0.1, 0.15) is 5.82 Å². The van der Waals surface area contributed by atoms with Gasteiger partial charge in [-0.3, -0.25) is 0 Å². The van der Waals surface area contributed by atoms with E-state index in [-0.39, 0.29) is 16.8 Å². The zero-order chi connectivity index (χ0) is 13.1. The van der Waals surface area contributed by atoms with E-state index in [0.29, 0.717) is 16.3 Å². The number of benzene rings is 1. The summed E-state index contributed by atoms with van der Waals surface area (Å²) in [5.41, 5.74) is 6.13. The van der Waals surface area contributed by atoms with Crippen molar-refractivity contribution in [2.75, 3.05) is 17.2 Å². The largest absolute Gasteiger partial charge is 0.398 e. The van der Waals surface area contributed by atoms with Gasteiger partial charge in [0.25, 0.3) is 0 Å². The number of sulfone groups is 1. The molecule has 0 spiro atoms. The molecule has 0 aliphatic carbocycles. The minimum absolute atomic E-state index is 0.0747. The van der Waals surface area contributed by atoms with Crippen LogP contribution in [-0.2, 0) is 9.84 Å². The van der Waals surface area contributed by atoms with E-state index in [4.69, 9.17) is 5.73 Å². The van der Waals surface area contributed by atoms with Crippen molar-refractivity contribution in [1.82, 2.24) is 0 Å². The summed E-state index contributed by atoms with van der Waals surface area (Å²) in [6.45, 7) is 3.30. The standard InChI is InChI=1S/C11H16FNO2S2/c1-8(2)17(14,15)6-5-16-11-7-9(12)3-4-10(11)13/h3-4,7-8H,5-6,13H2,1-2H3. The van der Waals surface area contributed by atoms with Gasteiger partial charge in [-0.15, -0.1) is 11.8 Å². The molecule has 1 aromatic carbocycles. The second-order valence-corrected chi connectivity index (χ2v) is 7.76. The average Bonchev–Trinajstić information content (AvgIpc) is 2.22. The molecule has 1 rings (SSSR count). The van der Waals surface area contributed by atoms with Crippen molar-refractivity contribution in [3.8, 4) is 0 Å². The van der Waals surface area contributed by atoms with Crippen LogP contribution in [0.25, 0.3) is 0 Å². The van der Waals surface area contributed by atoms with E-state index in [1.165, 1.54) is 30.0 Å². The number of hydrogen-bond acceptors (Lipinski definition) is 4. The predicted molar refractivity (Wildman–Crippen MR) is 70.5 cm³/mol. The number of halogens is 1. The van der Waals surface area contributed by atoms with Crippen molar-refractivity contribution >= 4 is 27.3 Å². The lowest BCUT2D eigenvalue weighted by Crippen LogP contribution is -2.19. The molecule has 0 aliphatic heterocycles. The first kappa shape index (κ1) is 14.3. The van der Waals surface area contributed by atoms with Gasteiger partial charge >= 0.3 is 0 Å². The van der Waals surface area contributed by atoms with Crippen LogP contribution in [0.2, 0.25) is 0 Å². The van der Waals surface area contributed by atoms with Crippen molar-refractivity contribution in [2.45, 2.75) is 24.0 Å². The van der Waals surface area contributed by atoms with Gasteiger partial charge in [-0.25, -0.2) is 12.8 Å². The van der Waals surface area contributed by atoms with E-state index in [0.717, 1.165) is 0 Å². The molecule has 0 atom stereocenters. The van der Waals surface area contributed by atoms with E-state index in [2.05, 4.69) is 0 Å². The van der Waals surface area contributed by atoms with E-state index in [9.17, 15) is 12.8 Å². The third-order valence-electron chi connectivity index (χ3n) is 2.32. The quantitative estimate of drug-likeness (QED) is 0.663. The third kappa shape index (κ3) is 4.20. The Balaban J connectivity index is 2.60. The van der Waals surface area contributed by atoms with Crippen LogP contribution in [0.5, 0.6) is 0 Å². The molecule has 0 fully saturated rings. The average molecular weight is 277 g/mol. The second-order valence-electron chi connectivity index (χ2n) is 3.95. The van der Waals surface area contributed by atoms with Crippen LogP contribution in [0.15, 0.2) is 23.1 Å². The fourth-order valence-electron chi connectivity index (χ4n) is 1.14. The Bertz CT molecular complexity index is 486. The minimum atomic E-state index is -3.05. The minimum Gasteiger partial charge on any atom is -0.398 e. The van der Waals surface area contributed by atoms with Crippen LogP contribution < -0.4 is 5.73 Å². The first-order valence-electron chi connectivity index (χ1n) is 5.22. The Labute approximate surface area is 106 Å². The molecule has 0 aromatic heterocycles. The van der Waals surface area contributed by atoms with Gasteiger partial charge in [0.05, 0.1) is 11.0 Å². The molecule has 0 bridgehead atoms. The molecule has 3 nitrogen and oxygen atoms in total. The summed E-state index contributed by atoms with van der Waals surface area (Å²) in [5.74, 6) is 0.0906. The fraction of sp³-hybridized carbons (Fsp3) is 0.455. The number of nitrogens with two attached hydrogens (primary N) is 1. The highest BCUT2D eigenvalue weighted by Gasteiger charge is 2.15. The first-order chi connectivity index (χ1) is 7.83. The van der Waals surface area contributed by atoms with E-state index in [1.54, 1.807) is 13.8 Å². The fourth-order valence-corrected chi connectivity index (χ4v) is 3.52. The molecule has 2 N–H and O–H groups in total. The molecule has 0 amide bonds. The maximum absolute atomic E-state index is 12.9. The van der Waals surface area contributed by atoms with Crippen LogP contribution in [0.4, 0.5) is 10.1 Å². The Hall–Kier alpha value is -0.750. The zero-order valence-corrected chi connectivity index (χ0v) is 11.4. The Morgan fingerprint density at radius 1 is 1.41 bits per heavy atom.